The van der Waals surface area contributed by atoms with Gasteiger partial charge in [0.25, 0.3) is 11.1 Å². The second-order valence-corrected chi connectivity index (χ2v) is 8.44. The van der Waals surface area contributed by atoms with Gasteiger partial charge >= 0.3 is 5.97 Å². The van der Waals surface area contributed by atoms with E-state index in [2.05, 4.69) is 15.9 Å². The Bertz CT molecular complexity index is 841. The van der Waals surface area contributed by atoms with Crippen molar-refractivity contribution in [2.75, 3.05) is 19.8 Å². The summed E-state index contributed by atoms with van der Waals surface area (Å²) in [6, 6.07) is 3.54. The summed E-state index contributed by atoms with van der Waals surface area (Å²) in [7, 11) is 0. The van der Waals surface area contributed by atoms with Crippen molar-refractivity contribution in [2.24, 2.45) is 0 Å². The monoisotopic (exact) mass is 499 g/mol. The second-order valence-electron chi connectivity index (χ2n) is 6.59. The number of amides is 2. The first-order valence-corrected chi connectivity index (χ1v) is 11.5. The number of ether oxygens (including phenoxy) is 3. The van der Waals surface area contributed by atoms with Gasteiger partial charge in [-0.2, -0.15) is 0 Å². The van der Waals surface area contributed by atoms with Gasteiger partial charge in [-0.05, 0) is 78.2 Å². The van der Waals surface area contributed by atoms with Crippen molar-refractivity contribution in [2.45, 2.75) is 46.6 Å². The van der Waals surface area contributed by atoms with E-state index in [1.165, 1.54) is 0 Å². The minimum absolute atomic E-state index is 0.230. The molecule has 1 aliphatic rings. The first kappa shape index (κ1) is 24.3. The van der Waals surface area contributed by atoms with Crippen LogP contribution in [0.4, 0.5) is 4.79 Å². The van der Waals surface area contributed by atoms with Gasteiger partial charge in [-0.1, -0.05) is 13.8 Å². The fourth-order valence-corrected chi connectivity index (χ4v) is 3.95. The van der Waals surface area contributed by atoms with E-state index >= 15 is 0 Å². The first-order valence-electron chi connectivity index (χ1n) is 9.84. The highest BCUT2D eigenvalue weighted by molar-refractivity contribution is 9.10. The van der Waals surface area contributed by atoms with Crippen LogP contribution in [0.3, 0.4) is 0 Å². The average molecular weight is 500 g/mol. The Morgan fingerprint density at radius 1 is 1.23 bits per heavy atom. The van der Waals surface area contributed by atoms with E-state index in [0.29, 0.717) is 41.2 Å². The van der Waals surface area contributed by atoms with Gasteiger partial charge in [-0.25, -0.2) is 0 Å². The van der Waals surface area contributed by atoms with Crippen LogP contribution >= 0.6 is 27.7 Å². The van der Waals surface area contributed by atoms with Crippen molar-refractivity contribution in [1.29, 1.82) is 0 Å². The van der Waals surface area contributed by atoms with E-state index in [0.717, 1.165) is 23.1 Å². The zero-order chi connectivity index (χ0) is 22.3. The SMILES string of the molecule is CCCOc1c(Br)cc(/C=C2\SC(=O)N(CC(=O)O[C@@H](C)CC)C2=O)cc1OCC. The molecular formula is C21H26BrNO6S. The zero-order valence-corrected chi connectivity index (χ0v) is 19.9. The molecule has 0 aliphatic carbocycles. The molecule has 1 atom stereocenters. The van der Waals surface area contributed by atoms with Crippen molar-refractivity contribution in [3.8, 4) is 11.5 Å². The lowest BCUT2D eigenvalue weighted by Crippen LogP contribution is -2.35. The van der Waals surface area contributed by atoms with E-state index in [1.807, 2.05) is 20.8 Å². The molecule has 0 aromatic heterocycles. The summed E-state index contributed by atoms with van der Waals surface area (Å²) in [6.07, 6.45) is 2.84. The van der Waals surface area contributed by atoms with Crippen LogP contribution < -0.4 is 9.47 Å². The predicted molar refractivity (Wildman–Crippen MR) is 120 cm³/mol. The van der Waals surface area contributed by atoms with Crippen LogP contribution in [0, 0.1) is 0 Å². The fourth-order valence-electron chi connectivity index (χ4n) is 2.54. The zero-order valence-electron chi connectivity index (χ0n) is 17.5. The van der Waals surface area contributed by atoms with E-state index in [1.54, 1.807) is 25.1 Å². The lowest BCUT2D eigenvalue weighted by Gasteiger charge is -2.15. The van der Waals surface area contributed by atoms with Crippen LogP contribution in [-0.2, 0) is 14.3 Å². The summed E-state index contributed by atoms with van der Waals surface area (Å²) in [6.45, 7) is 8.12. The van der Waals surface area contributed by atoms with E-state index in [-0.39, 0.29) is 11.0 Å². The Kier molecular flexibility index (Phi) is 9.23. The highest BCUT2D eigenvalue weighted by atomic mass is 79.9. The number of carbonyl (C=O) groups is 3. The van der Waals surface area contributed by atoms with Gasteiger partial charge in [0.05, 0.1) is 28.7 Å². The number of imide groups is 1. The number of benzene rings is 1. The Balaban J connectivity index is 2.23. The lowest BCUT2D eigenvalue weighted by molar-refractivity contribution is -0.150. The summed E-state index contributed by atoms with van der Waals surface area (Å²) in [5.74, 6) is 0.0119. The van der Waals surface area contributed by atoms with Crippen LogP contribution in [0.25, 0.3) is 6.08 Å². The molecule has 9 heteroatoms. The Labute approximate surface area is 189 Å². The molecule has 0 N–H and O–H groups in total. The van der Waals surface area contributed by atoms with Crippen LogP contribution in [0.15, 0.2) is 21.5 Å². The summed E-state index contributed by atoms with van der Waals surface area (Å²) in [5.41, 5.74) is 0.668. The van der Waals surface area contributed by atoms with Crippen LogP contribution in [-0.4, -0.2) is 47.9 Å². The highest BCUT2D eigenvalue weighted by Crippen LogP contribution is 2.39. The second kappa shape index (κ2) is 11.4. The topological polar surface area (TPSA) is 82.1 Å². The largest absolute Gasteiger partial charge is 0.490 e. The number of hydrogen-bond acceptors (Lipinski definition) is 7. The van der Waals surface area contributed by atoms with E-state index < -0.39 is 23.7 Å². The van der Waals surface area contributed by atoms with Gasteiger partial charge in [-0.15, -0.1) is 0 Å². The van der Waals surface area contributed by atoms with Gasteiger partial charge in [0.1, 0.15) is 6.54 Å². The molecule has 0 saturated carbocycles. The molecule has 0 radical (unpaired) electrons. The molecule has 30 heavy (non-hydrogen) atoms. The van der Waals surface area contributed by atoms with Crippen molar-refractivity contribution >= 4 is 50.9 Å². The highest BCUT2D eigenvalue weighted by Gasteiger charge is 2.37. The lowest BCUT2D eigenvalue weighted by atomic mass is 10.2. The fraction of sp³-hybridized carbons (Fsp3) is 0.476. The normalized spacial score (nSPS) is 16.2. The third-order valence-corrected chi connectivity index (χ3v) is 5.64. The maximum absolute atomic E-state index is 12.7. The number of hydrogen-bond donors (Lipinski definition) is 0. The quantitative estimate of drug-likeness (QED) is 0.330. The smallest absolute Gasteiger partial charge is 0.326 e. The van der Waals surface area contributed by atoms with Gasteiger partial charge in [-0.3, -0.25) is 19.3 Å². The molecule has 0 unspecified atom stereocenters. The Morgan fingerprint density at radius 2 is 1.97 bits per heavy atom. The summed E-state index contributed by atoms with van der Waals surface area (Å²) in [5, 5.41) is -0.501. The summed E-state index contributed by atoms with van der Waals surface area (Å²) < 4.78 is 17.3. The van der Waals surface area contributed by atoms with Crippen molar-refractivity contribution in [1.82, 2.24) is 4.90 Å². The number of esters is 1. The van der Waals surface area contributed by atoms with Crippen molar-refractivity contribution in [3.63, 3.8) is 0 Å². The maximum atomic E-state index is 12.7. The summed E-state index contributed by atoms with van der Waals surface area (Å²) >= 11 is 4.27. The molecule has 2 rings (SSSR count). The standard InChI is InChI=1S/C21H26BrNO6S/c1-5-8-28-19-15(22)9-14(10-16(19)27-7-3)11-17-20(25)23(21(26)30-17)12-18(24)29-13(4)6-2/h9-11,13H,5-8,12H2,1-4H3/b17-11-/t13-/m0/s1. The van der Waals surface area contributed by atoms with Gasteiger partial charge in [0.15, 0.2) is 11.5 Å². The number of thioether (sulfide) groups is 1. The van der Waals surface area contributed by atoms with Gasteiger partial charge in [0, 0.05) is 0 Å². The molecule has 0 spiro atoms. The van der Waals surface area contributed by atoms with Crippen LogP contribution in [0.2, 0.25) is 0 Å². The van der Waals surface area contributed by atoms with E-state index in [4.69, 9.17) is 14.2 Å². The van der Waals surface area contributed by atoms with E-state index in [9.17, 15) is 14.4 Å². The molecule has 0 bridgehead atoms. The third kappa shape index (κ3) is 6.25. The Hall–Kier alpha value is -2.00. The Morgan fingerprint density at radius 3 is 2.60 bits per heavy atom. The van der Waals surface area contributed by atoms with Gasteiger partial charge in [0.2, 0.25) is 0 Å². The molecule has 164 valence electrons. The van der Waals surface area contributed by atoms with Crippen LogP contribution in [0.1, 0.15) is 46.1 Å². The van der Waals surface area contributed by atoms with Crippen LogP contribution in [0.5, 0.6) is 11.5 Å². The molecule has 1 saturated heterocycles. The molecule has 1 aliphatic heterocycles. The van der Waals surface area contributed by atoms with Crippen molar-refractivity contribution in [3.05, 3.63) is 27.1 Å². The maximum Gasteiger partial charge on any atom is 0.326 e. The average Bonchev–Trinajstić information content (AvgIpc) is 2.94. The van der Waals surface area contributed by atoms with Crippen molar-refractivity contribution < 1.29 is 28.6 Å². The molecule has 1 aromatic rings. The number of carbonyl (C=O) groups excluding carboxylic acids is 3. The van der Waals surface area contributed by atoms with Gasteiger partial charge < -0.3 is 14.2 Å². The molecule has 2 amide bonds. The molecule has 7 nitrogen and oxygen atoms in total. The third-order valence-electron chi connectivity index (χ3n) is 4.15. The predicted octanol–water partition coefficient (Wildman–Crippen LogP) is 5.01. The number of rotatable bonds is 10. The number of halogens is 1. The summed E-state index contributed by atoms with van der Waals surface area (Å²) in [4.78, 5) is 38.0. The molecule has 1 heterocycles. The number of nitrogens with zero attached hydrogens (tertiary/aromatic N) is 1. The minimum atomic E-state index is -0.605. The first-order chi connectivity index (χ1) is 14.3. The minimum Gasteiger partial charge on any atom is -0.490 e. The molecule has 1 aromatic carbocycles. The molecular weight excluding hydrogens is 474 g/mol. The molecule has 1 fully saturated rings.